The van der Waals surface area contributed by atoms with E-state index in [-0.39, 0.29) is 35.9 Å². The van der Waals surface area contributed by atoms with Crippen LogP contribution < -0.4 is 0 Å². The van der Waals surface area contributed by atoms with Crippen LogP contribution in [0.1, 0.15) is 41.7 Å². The van der Waals surface area contributed by atoms with Gasteiger partial charge >= 0.3 is 11.9 Å². The highest BCUT2D eigenvalue weighted by molar-refractivity contribution is 6.07. The fraction of sp³-hybridized carbons (Fsp3) is 0.333. The minimum absolute atomic E-state index is 0.0428. The average molecular weight is 389 g/mol. The van der Waals surface area contributed by atoms with Gasteiger partial charge in [-0.3, -0.25) is 24.8 Å². The molecule has 0 fully saturated rings. The third kappa shape index (κ3) is 4.58. The molecule has 148 valence electrons. The monoisotopic (exact) mass is 389 g/mol. The van der Waals surface area contributed by atoms with Crippen LogP contribution in [0.15, 0.2) is 24.3 Å². The Hall–Kier alpha value is -3.56. The van der Waals surface area contributed by atoms with Gasteiger partial charge in [-0.25, -0.2) is 4.79 Å². The number of esters is 2. The molecule has 28 heavy (non-hydrogen) atoms. The van der Waals surface area contributed by atoms with Gasteiger partial charge in [-0.2, -0.15) is 5.10 Å². The Bertz CT molecular complexity index is 902. The molecule has 0 radical (unpaired) electrons. The van der Waals surface area contributed by atoms with Crippen molar-refractivity contribution in [2.24, 2.45) is 5.92 Å². The van der Waals surface area contributed by atoms with Crippen LogP contribution in [0.2, 0.25) is 0 Å². The van der Waals surface area contributed by atoms with Crippen LogP contribution in [0.25, 0.3) is 11.1 Å². The Balaban J connectivity index is 2.48. The number of aromatic nitrogens is 2. The number of benzene rings is 1. The standard InChI is InChI=1S/C18H19N3O7/c1-4-27-18(24)16-14(12-5-7-13(8-6-12)21(25)26)15(19-20-16)17(23)10(2)9-28-11(3)22/h5-8,10H,4,9H2,1-3H3,(H,19,20). The highest BCUT2D eigenvalue weighted by Gasteiger charge is 2.29. The third-order valence-corrected chi connectivity index (χ3v) is 3.83. The SMILES string of the molecule is CCOC(=O)c1[nH]nc(C(=O)C(C)COC(C)=O)c1-c1ccc([N+](=O)[O-])cc1. The van der Waals surface area contributed by atoms with E-state index in [1.807, 2.05) is 0 Å². The van der Waals surface area contributed by atoms with Gasteiger partial charge in [-0.1, -0.05) is 6.92 Å². The van der Waals surface area contributed by atoms with E-state index in [4.69, 9.17) is 9.47 Å². The number of H-pyrrole nitrogens is 1. The van der Waals surface area contributed by atoms with Crippen LogP contribution in [0, 0.1) is 16.0 Å². The van der Waals surface area contributed by atoms with Crippen molar-refractivity contribution in [3.05, 3.63) is 45.8 Å². The molecule has 10 nitrogen and oxygen atoms in total. The number of non-ortho nitro benzene ring substituents is 1. The van der Waals surface area contributed by atoms with E-state index in [0.717, 1.165) is 0 Å². The number of carbonyl (C=O) groups excluding carboxylic acids is 3. The van der Waals surface area contributed by atoms with Crippen LogP contribution in [-0.4, -0.2) is 46.1 Å². The van der Waals surface area contributed by atoms with Crippen molar-refractivity contribution in [3.8, 4) is 11.1 Å². The first-order chi connectivity index (χ1) is 13.3. The number of ketones is 1. The smallest absolute Gasteiger partial charge is 0.357 e. The highest BCUT2D eigenvalue weighted by Crippen LogP contribution is 2.30. The summed E-state index contributed by atoms with van der Waals surface area (Å²) in [6.45, 7) is 4.39. The highest BCUT2D eigenvalue weighted by atomic mass is 16.6. The molecule has 0 spiro atoms. The number of nitrogens with one attached hydrogen (secondary N) is 1. The summed E-state index contributed by atoms with van der Waals surface area (Å²) in [6.07, 6.45) is 0. The molecule has 0 saturated heterocycles. The van der Waals surface area contributed by atoms with Crippen LogP contribution in [0.3, 0.4) is 0 Å². The largest absolute Gasteiger partial charge is 0.465 e. The third-order valence-electron chi connectivity index (χ3n) is 3.83. The summed E-state index contributed by atoms with van der Waals surface area (Å²) in [7, 11) is 0. The molecule has 0 aliphatic rings. The number of rotatable bonds is 8. The summed E-state index contributed by atoms with van der Waals surface area (Å²) >= 11 is 0. The predicted molar refractivity (Wildman–Crippen MR) is 96.8 cm³/mol. The molecule has 2 rings (SSSR count). The quantitative estimate of drug-likeness (QED) is 0.314. The Morgan fingerprint density at radius 2 is 1.86 bits per heavy atom. The number of aromatic amines is 1. The van der Waals surface area contributed by atoms with Crippen molar-refractivity contribution in [3.63, 3.8) is 0 Å². The summed E-state index contributed by atoms with van der Waals surface area (Å²) in [4.78, 5) is 46.3. The zero-order valence-electron chi connectivity index (χ0n) is 15.6. The van der Waals surface area contributed by atoms with E-state index in [0.29, 0.717) is 5.56 Å². The lowest BCUT2D eigenvalue weighted by atomic mass is 9.96. The van der Waals surface area contributed by atoms with Gasteiger partial charge in [-0.15, -0.1) is 0 Å². The molecule has 0 bridgehead atoms. The summed E-state index contributed by atoms with van der Waals surface area (Å²) in [5, 5.41) is 17.3. The molecule has 2 aromatic rings. The summed E-state index contributed by atoms with van der Waals surface area (Å²) in [5.41, 5.74) is 0.329. The Morgan fingerprint density at radius 1 is 1.21 bits per heavy atom. The molecule has 10 heteroatoms. The summed E-state index contributed by atoms with van der Waals surface area (Å²) in [6, 6.07) is 5.35. The number of nitro benzene ring substituents is 1. The van der Waals surface area contributed by atoms with Gasteiger partial charge in [0, 0.05) is 24.6 Å². The van der Waals surface area contributed by atoms with E-state index >= 15 is 0 Å². The Labute approximate surface area is 160 Å². The number of ether oxygens (including phenoxy) is 2. The molecule has 1 heterocycles. The molecule has 1 aromatic heterocycles. The lowest BCUT2D eigenvalue weighted by molar-refractivity contribution is -0.384. The minimum Gasteiger partial charge on any atom is -0.465 e. The fourth-order valence-electron chi connectivity index (χ4n) is 2.45. The van der Waals surface area contributed by atoms with E-state index in [1.54, 1.807) is 13.8 Å². The minimum atomic E-state index is -0.713. The number of hydrogen-bond donors (Lipinski definition) is 1. The number of nitro groups is 1. The normalized spacial score (nSPS) is 11.5. The van der Waals surface area contributed by atoms with E-state index in [1.165, 1.54) is 31.2 Å². The van der Waals surface area contributed by atoms with E-state index < -0.39 is 28.6 Å². The lowest BCUT2D eigenvalue weighted by Crippen LogP contribution is -2.20. The first-order valence-electron chi connectivity index (χ1n) is 8.44. The first kappa shape index (κ1) is 20.7. The molecule has 0 amide bonds. The van der Waals surface area contributed by atoms with Crippen molar-refractivity contribution in [2.45, 2.75) is 20.8 Å². The Kier molecular flexibility index (Phi) is 6.59. The molecule has 1 atom stereocenters. The molecular weight excluding hydrogens is 370 g/mol. The average Bonchev–Trinajstić information content (AvgIpc) is 3.10. The maximum absolute atomic E-state index is 12.8. The van der Waals surface area contributed by atoms with Crippen LogP contribution in [0.5, 0.6) is 0 Å². The van der Waals surface area contributed by atoms with Crippen molar-refractivity contribution in [2.75, 3.05) is 13.2 Å². The van der Waals surface area contributed by atoms with Gasteiger partial charge in [0.1, 0.15) is 12.3 Å². The van der Waals surface area contributed by atoms with Gasteiger partial charge < -0.3 is 9.47 Å². The van der Waals surface area contributed by atoms with Gasteiger partial charge in [-0.05, 0) is 24.6 Å². The summed E-state index contributed by atoms with van der Waals surface area (Å²) in [5.74, 6) is -2.40. The van der Waals surface area contributed by atoms with Crippen LogP contribution in [-0.2, 0) is 14.3 Å². The molecule has 0 saturated carbocycles. The predicted octanol–water partition coefficient (Wildman–Crippen LogP) is 2.54. The summed E-state index contributed by atoms with van der Waals surface area (Å²) < 4.78 is 9.85. The number of Topliss-reactive ketones (excluding diaryl/α,β-unsaturated/α-hetero) is 1. The molecule has 1 unspecified atom stereocenters. The Morgan fingerprint density at radius 3 is 2.39 bits per heavy atom. The van der Waals surface area contributed by atoms with E-state index in [2.05, 4.69) is 10.2 Å². The second kappa shape index (κ2) is 8.89. The van der Waals surface area contributed by atoms with Crippen molar-refractivity contribution in [1.29, 1.82) is 0 Å². The van der Waals surface area contributed by atoms with Crippen LogP contribution >= 0.6 is 0 Å². The number of nitrogens with zero attached hydrogens (tertiary/aromatic N) is 2. The second-order valence-electron chi connectivity index (χ2n) is 5.91. The molecule has 0 aliphatic carbocycles. The number of carbonyl (C=O) groups is 3. The topological polar surface area (TPSA) is 141 Å². The van der Waals surface area contributed by atoms with Gasteiger partial charge in [0.15, 0.2) is 11.5 Å². The fourth-order valence-corrected chi connectivity index (χ4v) is 2.45. The van der Waals surface area contributed by atoms with Crippen molar-refractivity contribution in [1.82, 2.24) is 10.2 Å². The van der Waals surface area contributed by atoms with Gasteiger partial charge in [0.2, 0.25) is 0 Å². The first-order valence-corrected chi connectivity index (χ1v) is 8.44. The second-order valence-corrected chi connectivity index (χ2v) is 5.91. The number of hydrogen-bond acceptors (Lipinski definition) is 8. The van der Waals surface area contributed by atoms with Crippen molar-refractivity contribution < 1.29 is 28.8 Å². The lowest BCUT2D eigenvalue weighted by Gasteiger charge is -2.11. The molecule has 0 aliphatic heterocycles. The molecule has 1 N–H and O–H groups in total. The maximum Gasteiger partial charge on any atom is 0.357 e. The van der Waals surface area contributed by atoms with Crippen LogP contribution in [0.4, 0.5) is 5.69 Å². The van der Waals surface area contributed by atoms with Gasteiger partial charge in [0.25, 0.3) is 5.69 Å². The van der Waals surface area contributed by atoms with E-state index in [9.17, 15) is 24.5 Å². The maximum atomic E-state index is 12.8. The van der Waals surface area contributed by atoms with Crippen molar-refractivity contribution >= 4 is 23.4 Å². The zero-order chi connectivity index (χ0) is 20.8. The molecule has 1 aromatic carbocycles. The zero-order valence-corrected chi connectivity index (χ0v) is 15.6. The molecular formula is C18H19N3O7. The van der Waals surface area contributed by atoms with Gasteiger partial charge in [0.05, 0.1) is 17.4 Å².